The summed E-state index contributed by atoms with van der Waals surface area (Å²) in [6.45, 7) is 0.603. The predicted molar refractivity (Wildman–Crippen MR) is 98.1 cm³/mol. The van der Waals surface area contributed by atoms with Crippen LogP contribution >= 0.6 is 24.0 Å². The Morgan fingerprint density at radius 1 is 0.955 bits per heavy atom. The first kappa shape index (κ1) is 16.7. The van der Waals surface area contributed by atoms with Crippen molar-refractivity contribution < 1.29 is 4.79 Å². The molecule has 0 aliphatic carbocycles. The van der Waals surface area contributed by atoms with Crippen LogP contribution in [0.1, 0.15) is 17.5 Å². The molecule has 0 atom stereocenters. The van der Waals surface area contributed by atoms with E-state index in [1.807, 2.05) is 48.5 Å². The first-order chi connectivity index (χ1) is 10.7. The highest BCUT2D eigenvalue weighted by molar-refractivity contribution is 8.22. The minimum atomic E-state index is 0.0436. The molecule has 0 unspecified atom stereocenters. The van der Waals surface area contributed by atoms with Crippen molar-refractivity contribution in [2.75, 3.05) is 6.54 Å². The number of hydrogen-bond donors (Lipinski definition) is 1. The van der Waals surface area contributed by atoms with Gasteiger partial charge < -0.3 is 5.32 Å². The maximum atomic E-state index is 11.8. The van der Waals surface area contributed by atoms with Crippen molar-refractivity contribution in [1.82, 2.24) is 5.32 Å². The summed E-state index contributed by atoms with van der Waals surface area (Å²) in [5.74, 6) is 0.930. The second kappa shape index (κ2) is 9.38. The Balaban J connectivity index is 1.61. The molecule has 0 aromatic heterocycles. The number of carbonyl (C=O) groups excluding carboxylic acids is 1. The van der Waals surface area contributed by atoms with Crippen molar-refractivity contribution in [2.45, 2.75) is 18.6 Å². The first-order valence-corrected chi connectivity index (χ1v) is 8.63. The highest BCUT2D eigenvalue weighted by Crippen LogP contribution is 2.15. The Kier molecular flexibility index (Phi) is 7.13. The van der Waals surface area contributed by atoms with Crippen molar-refractivity contribution in [3.63, 3.8) is 0 Å². The lowest BCUT2D eigenvalue weighted by molar-refractivity contribution is -0.120. The summed E-state index contributed by atoms with van der Waals surface area (Å²) in [6.07, 6.45) is 1.15. The maximum absolute atomic E-state index is 11.8. The van der Waals surface area contributed by atoms with Crippen molar-refractivity contribution in [2.24, 2.45) is 0 Å². The third kappa shape index (κ3) is 6.41. The zero-order valence-corrected chi connectivity index (χ0v) is 14.0. The first-order valence-electron chi connectivity index (χ1n) is 7.24. The van der Waals surface area contributed by atoms with Gasteiger partial charge in [0.15, 0.2) is 0 Å². The Hall–Kier alpha value is -1.65. The molecule has 2 nitrogen and oxygen atoms in total. The van der Waals surface area contributed by atoms with E-state index in [1.165, 1.54) is 5.56 Å². The number of amides is 1. The van der Waals surface area contributed by atoms with Crippen LogP contribution in [-0.2, 0) is 17.0 Å². The quantitative estimate of drug-likeness (QED) is 0.779. The second-order valence-electron chi connectivity index (χ2n) is 4.91. The minimum absolute atomic E-state index is 0.0436. The third-order valence-corrected chi connectivity index (χ3v) is 4.66. The van der Waals surface area contributed by atoms with E-state index in [4.69, 9.17) is 12.2 Å². The molecular formula is C18H19NOS2. The van der Waals surface area contributed by atoms with E-state index in [2.05, 4.69) is 17.4 Å². The van der Waals surface area contributed by atoms with Crippen molar-refractivity contribution in [1.29, 1.82) is 0 Å². The molecule has 2 aromatic rings. The summed E-state index contributed by atoms with van der Waals surface area (Å²) in [7, 11) is 0. The molecule has 1 amide bonds. The largest absolute Gasteiger partial charge is 0.355 e. The average molecular weight is 329 g/mol. The van der Waals surface area contributed by atoms with E-state index in [9.17, 15) is 4.79 Å². The van der Waals surface area contributed by atoms with E-state index >= 15 is 0 Å². The predicted octanol–water partition coefficient (Wildman–Crippen LogP) is 4.00. The molecule has 0 heterocycles. The van der Waals surface area contributed by atoms with Crippen LogP contribution < -0.4 is 5.32 Å². The number of thiocarbonyl (C=S) groups is 1. The van der Waals surface area contributed by atoms with E-state index in [0.29, 0.717) is 13.0 Å². The molecule has 0 aliphatic rings. The Bertz CT molecular complexity index is 599. The van der Waals surface area contributed by atoms with E-state index < -0.39 is 0 Å². The summed E-state index contributed by atoms with van der Waals surface area (Å²) in [6, 6.07) is 20.0. The Morgan fingerprint density at radius 2 is 1.55 bits per heavy atom. The summed E-state index contributed by atoms with van der Waals surface area (Å²) in [5, 5.41) is 2.92. The van der Waals surface area contributed by atoms with Gasteiger partial charge in [-0.1, -0.05) is 72.9 Å². The molecule has 1 N–H and O–H groups in total. The topological polar surface area (TPSA) is 29.1 Å². The van der Waals surface area contributed by atoms with Gasteiger partial charge in [-0.2, -0.15) is 0 Å². The van der Waals surface area contributed by atoms with E-state index in [0.717, 1.165) is 21.9 Å². The van der Waals surface area contributed by atoms with Crippen molar-refractivity contribution in [3.8, 4) is 0 Å². The highest BCUT2D eigenvalue weighted by Gasteiger charge is 2.04. The van der Waals surface area contributed by atoms with Gasteiger partial charge in [0.05, 0.1) is 6.42 Å². The SMILES string of the molecule is O=C(Cc1ccccc1)NCCC(=S)SCc1ccccc1. The van der Waals surface area contributed by atoms with Crippen LogP contribution in [0.3, 0.4) is 0 Å². The maximum Gasteiger partial charge on any atom is 0.224 e. The smallest absolute Gasteiger partial charge is 0.224 e. The zero-order chi connectivity index (χ0) is 15.6. The molecule has 22 heavy (non-hydrogen) atoms. The molecule has 0 fully saturated rings. The lowest BCUT2D eigenvalue weighted by Crippen LogP contribution is -2.26. The van der Waals surface area contributed by atoms with Crippen molar-refractivity contribution in [3.05, 3.63) is 71.8 Å². The van der Waals surface area contributed by atoms with Gasteiger partial charge in [-0.25, -0.2) is 0 Å². The molecule has 0 spiro atoms. The molecule has 0 aliphatic heterocycles. The summed E-state index contributed by atoms with van der Waals surface area (Å²) in [4.78, 5) is 11.8. The van der Waals surface area contributed by atoms with Gasteiger partial charge in [-0.3, -0.25) is 4.79 Å². The molecule has 114 valence electrons. The number of carbonyl (C=O) groups is 1. The lowest BCUT2D eigenvalue weighted by Gasteiger charge is -2.06. The van der Waals surface area contributed by atoms with Crippen LogP contribution in [0.25, 0.3) is 0 Å². The van der Waals surface area contributed by atoms with E-state index in [-0.39, 0.29) is 5.91 Å². The van der Waals surface area contributed by atoms with Gasteiger partial charge in [0, 0.05) is 22.9 Å². The second-order valence-corrected chi connectivity index (χ2v) is 6.73. The monoisotopic (exact) mass is 329 g/mol. The molecular weight excluding hydrogens is 310 g/mol. The van der Waals surface area contributed by atoms with Crippen molar-refractivity contribution >= 4 is 34.1 Å². The Morgan fingerprint density at radius 3 is 2.18 bits per heavy atom. The normalized spacial score (nSPS) is 10.2. The van der Waals surface area contributed by atoms with Gasteiger partial charge in [0.25, 0.3) is 0 Å². The number of nitrogens with one attached hydrogen (secondary N) is 1. The van der Waals surface area contributed by atoms with Crippen LogP contribution in [0.2, 0.25) is 0 Å². The lowest BCUT2D eigenvalue weighted by atomic mass is 10.1. The fraction of sp³-hybridized carbons (Fsp3) is 0.222. The molecule has 0 saturated carbocycles. The molecule has 0 bridgehead atoms. The fourth-order valence-electron chi connectivity index (χ4n) is 1.96. The van der Waals surface area contributed by atoms with Gasteiger partial charge in [-0.15, -0.1) is 11.8 Å². The Labute approximate surface area is 141 Å². The fourth-order valence-corrected chi connectivity index (χ4v) is 3.00. The van der Waals surface area contributed by atoms with Crippen LogP contribution in [-0.4, -0.2) is 16.6 Å². The van der Waals surface area contributed by atoms with Gasteiger partial charge >= 0.3 is 0 Å². The molecule has 0 saturated heterocycles. The van der Waals surface area contributed by atoms with Crippen LogP contribution in [0, 0.1) is 0 Å². The van der Waals surface area contributed by atoms with Gasteiger partial charge in [-0.05, 0) is 11.1 Å². The minimum Gasteiger partial charge on any atom is -0.355 e. The number of rotatable bonds is 7. The van der Waals surface area contributed by atoms with Crippen LogP contribution in [0.4, 0.5) is 0 Å². The zero-order valence-electron chi connectivity index (χ0n) is 12.3. The number of thioether (sulfide) groups is 1. The number of benzene rings is 2. The molecule has 0 radical (unpaired) electrons. The molecule has 2 aromatic carbocycles. The summed E-state index contributed by atoms with van der Waals surface area (Å²) in [5.41, 5.74) is 2.30. The molecule has 4 heteroatoms. The number of hydrogen-bond acceptors (Lipinski definition) is 3. The van der Waals surface area contributed by atoms with Gasteiger partial charge in [0.1, 0.15) is 0 Å². The highest BCUT2D eigenvalue weighted by atomic mass is 32.2. The van der Waals surface area contributed by atoms with Gasteiger partial charge in [0.2, 0.25) is 5.91 Å². The van der Waals surface area contributed by atoms with E-state index in [1.54, 1.807) is 11.8 Å². The average Bonchev–Trinajstić information content (AvgIpc) is 2.55. The third-order valence-electron chi connectivity index (χ3n) is 3.10. The summed E-state index contributed by atoms with van der Waals surface area (Å²) >= 11 is 7.01. The van der Waals surface area contributed by atoms with Crippen LogP contribution in [0.5, 0.6) is 0 Å². The standard InChI is InChI=1S/C18H19NOS2/c20-17(13-15-7-3-1-4-8-15)19-12-11-18(21)22-14-16-9-5-2-6-10-16/h1-10H,11-14H2,(H,19,20). The van der Waals surface area contributed by atoms with Crippen LogP contribution in [0.15, 0.2) is 60.7 Å². The molecule has 2 rings (SSSR count). The summed E-state index contributed by atoms with van der Waals surface area (Å²) < 4.78 is 0.934.